The molecular weight excluding hydrogens is 391 g/mol. The molecule has 3 rings (SSSR count). The smallest absolute Gasteiger partial charge is 0.325 e. The molecule has 0 aliphatic carbocycles. The summed E-state index contributed by atoms with van der Waals surface area (Å²) in [6, 6.07) is 11.6. The quantitative estimate of drug-likeness (QED) is 0.799. The van der Waals surface area contributed by atoms with E-state index in [1.54, 1.807) is 12.1 Å². The fraction of sp³-hybridized carbons (Fsp3) is 0.211. The molecule has 0 saturated carbocycles. The van der Waals surface area contributed by atoms with Crippen LogP contribution in [0.3, 0.4) is 0 Å². The summed E-state index contributed by atoms with van der Waals surface area (Å²) in [5, 5.41) is 4.51. The first-order chi connectivity index (χ1) is 13.2. The number of rotatable bonds is 3. The minimum atomic E-state index is -4.51. The number of aryl methyl sites for hydroxylation is 1. The first kappa shape index (κ1) is 19.9. The zero-order valence-electron chi connectivity index (χ0n) is 14.7. The van der Waals surface area contributed by atoms with E-state index in [4.69, 9.17) is 0 Å². The zero-order valence-corrected chi connectivity index (χ0v) is 15.5. The van der Waals surface area contributed by atoms with Gasteiger partial charge in [0.15, 0.2) is 5.17 Å². The average Bonchev–Trinajstić information content (AvgIpc) is 2.63. The Kier molecular flexibility index (Phi) is 5.73. The lowest BCUT2D eigenvalue weighted by molar-refractivity contribution is -0.137. The highest BCUT2D eigenvalue weighted by atomic mass is 32.2. The minimum Gasteiger partial charge on any atom is -0.325 e. The Morgan fingerprint density at radius 2 is 1.93 bits per heavy atom. The highest BCUT2D eigenvalue weighted by Gasteiger charge is 2.32. The maximum atomic E-state index is 12.8. The van der Waals surface area contributed by atoms with Crippen LogP contribution in [0, 0.1) is 6.92 Å². The molecule has 1 fully saturated rings. The van der Waals surface area contributed by atoms with E-state index < -0.39 is 22.9 Å². The minimum absolute atomic E-state index is 0.0171. The summed E-state index contributed by atoms with van der Waals surface area (Å²) in [5.41, 5.74) is 0.833. The lowest BCUT2D eigenvalue weighted by Crippen LogP contribution is -2.41. The van der Waals surface area contributed by atoms with Gasteiger partial charge in [-0.15, -0.1) is 0 Å². The van der Waals surface area contributed by atoms with Gasteiger partial charge in [-0.05, 0) is 37.3 Å². The van der Waals surface area contributed by atoms with Crippen molar-refractivity contribution in [2.24, 2.45) is 4.99 Å². The summed E-state index contributed by atoms with van der Waals surface area (Å²) in [6.07, 6.45) is -4.60. The number of carbonyl (C=O) groups excluding carboxylic acids is 2. The van der Waals surface area contributed by atoms with Gasteiger partial charge in [-0.2, -0.15) is 13.2 Å². The van der Waals surface area contributed by atoms with Crippen LogP contribution in [0.5, 0.6) is 0 Å². The molecule has 0 spiro atoms. The first-order valence-electron chi connectivity index (χ1n) is 8.31. The fourth-order valence-electron chi connectivity index (χ4n) is 2.48. The van der Waals surface area contributed by atoms with Gasteiger partial charge in [-0.25, -0.2) is 4.99 Å². The van der Waals surface area contributed by atoms with E-state index in [1.807, 2.05) is 19.1 Å². The Morgan fingerprint density at radius 3 is 2.61 bits per heavy atom. The van der Waals surface area contributed by atoms with Crippen LogP contribution >= 0.6 is 11.8 Å². The Balaban J connectivity index is 1.73. The van der Waals surface area contributed by atoms with Crippen LogP contribution in [-0.2, 0) is 15.8 Å². The second-order valence-corrected chi connectivity index (χ2v) is 7.37. The Bertz CT molecular complexity index is 927. The van der Waals surface area contributed by atoms with Crippen molar-refractivity contribution in [3.05, 3.63) is 59.7 Å². The lowest BCUT2D eigenvalue weighted by Gasteiger charge is -2.22. The molecule has 2 amide bonds. The van der Waals surface area contributed by atoms with Crippen molar-refractivity contribution in [3.63, 3.8) is 0 Å². The SMILES string of the molecule is Cc1ccc(N=C2NC(=O)CC(C(=O)Nc3cccc(C(F)(F)F)c3)S2)cc1. The number of benzene rings is 2. The van der Waals surface area contributed by atoms with Gasteiger partial charge >= 0.3 is 6.18 Å². The van der Waals surface area contributed by atoms with Crippen molar-refractivity contribution < 1.29 is 22.8 Å². The molecule has 0 aromatic heterocycles. The highest BCUT2D eigenvalue weighted by molar-refractivity contribution is 8.15. The molecule has 5 nitrogen and oxygen atoms in total. The fourth-order valence-corrected chi connectivity index (χ4v) is 3.48. The predicted molar refractivity (Wildman–Crippen MR) is 102 cm³/mol. The molecule has 0 radical (unpaired) electrons. The van der Waals surface area contributed by atoms with Crippen molar-refractivity contribution in [3.8, 4) is 0 Å². The number of nitrogens with one attached hydrogen (secondary N) is 2. The molecule has 1 saturated heterocycles. The number of anilines is 1. The first-order valence-corrected chi connectivity index (χ1v) is 9.19. The Hall–Kier alpha value is -2.81. The molecule has 0 bridgehead atoms. The number of amides is 2. The number of halogens is 3. The largest absolute Gasteiger partial charge is 0.416 e. The molecule has 2 aromatic rings. The maximum absolute atomic E-state index is 12.8. The number of aliphatic imine (C=N–C) groups is 1. The molecule has 2 N–H and O–H groups in total. The second kappa shape index (κ2) is 8.05. The lowest BCUT2D eigenvalue weighted by atomic mass is 10.2. The Morgan fingerprint density at radius 1 is 1.21 bits per heavy atom. The van der Waals surface area contributed by atoms with E-state index in [9.17, 15) is 22.8 Å². The molecule has 2 aromatic carbocycles. The number of thioether (sulfide) groups is 1. The van der Waals surface area contributed by atoms with Gasteiger partial charge in [0.05, 0.1) is 11.3 Å². The number of hydrogen-bond donors (Lipinski definition) is 2. The van der Waals surface area contributed by atoms with Gasteiger partial charge in [0.2, 0.25) is 11.8 Å². The molecular formula is C19H16F3N3O2S. The summed E-state index contributed by atoms with van der Waals surface area (Å²) >= 11 is 1.06. The highest BCUT2D eigenvalue weighted by Crippen LogP contribution is 2.31. The number of alkyl halides is 3. The zero-order chi connectivity index (χ0) is 20.3. The van der Waals surface area contributed by atoms with Gasteiger partial charge in [-0.1, -0.05) is 35.5 Å². The van der Waals surface area contributed by atoms with Crippen LogP contribution in [0.1, 0.15) is 17.5 Å². The van der Waals surface area contributed by atoms with Crippen LogP contribution in [0.15, 0.2) is 53.5 Å². The van der Waals surface area contributed by atoms with Crippen LogP contribution in [0.25, 0.3) is 0 Å². The third-order valence-electron chi connectivity index (χ3n) is 3.89. The van der Waals surface area contributed by atoms with Gasteiger partial charge in [0.1, 0.15) is 5.25 Å². The summed E-state index contributed by atoms with van der Waals surface area (Å²) in [4.78, 5) is 28.7. The van der Waals surface area contributed by atoms with Crippen LogP contribution in [0.2, 0.25) is 0 Å². The number of carbonyl (C=O) groups is 2. The van der Waals surface area contributed by atoms with E-state index in [1.165, 1.54) is 12.1 Å². The van der Waals surface area contributed by atoms with Crippen molar-refractivity contribution in [2.75, 3.05) is 5.32 Å². The topological polar surface area (TPSA) is 70.6 Å². The summed E-state index contributed by atoms with van der Waals surface area (Å²) in [6.45, 7) is 1.93. The summed E-state index contributed by atoms with van der Waals surface area (Å²) < 4.78 is 38.4. The molecule has 28 heavy (non-hydrogen) atoms. The van der Waals surface area contributed by atoms with E-state index in [2.05, 4.69) is 15.6 Å². The van der Waals surface area contributed by atoms with E-state index in [-0.39, 0.29) is 23.2 Å². The van der Waals surface area contributed by atoms with Gasteiger partial charge in [0, 0.05) is 12.1 Å². The summed E-state index contributed by atoms with van der Waals surface area (Å²) in [5.74, 6) is -0.940. The van der Waals surface area contributed by atoms with E-state index >= 15 is 0 Å². The van der Waals surface area contributed by atoms with Crippen LogP contribution < -0.4 is 10.6 Å². The van der Waals surface area contributed by atoms with Crippen LogP contribution in [-0.4, -0.2) is 22.2 Å². The molecule has 1 heterocycles. The molecule has 1 aliphatic heterocycles. The van der Waals surface area contributed by atoms with Crippen molar-refractivity contribution in [2.45, 2.75) is 24.8 Å². The van der Waals surface area contributed by atoms with Crippen molar-refractivity contribution >= 4 is 40.1 Å². The standard InChI is InChI=1S/C19H16F3N3O2S/c1-11-5-7-13(8-6-11)24-18-25-16(26)10-15(28-18)17(27)23-14-4-2-3-12(9-14)19(20,21)22/h2-9,15H,10H2,1H3,(H,23,27)(H,24,25,26). The monoisotopic (exact) mass is 407 g/mol. The maximum Gasteiger partial charge on any atom is 0.416 e. The van der Waals surface area contributed by atoms with E-state index in [0.717, 1.165) is 29.5 Å². The number of hydrogen-bond acceptors (Lipinski definition) is 4. The molecule has 1 atom stereocenters. The molecule has 9 heteroatoms. The third-order valence-corrected chi connectivity index (χ3v) is 4.97. The number of nitrogens with zero attached hydrogens (tertiary/aromatic N) is 1. The van der Waals surface area contributed by atoms with Crippen molar-refractivity contribution in [1.82, 2.24) is 5.32 Å². The average molecular weight is 407 g/mol. The van der Waals surface area contributed by atoms with Crippen molar-refractivity contribution in [1.29, 1.82) is 0 Å². The predicted octanol–water partition coefficient (Wildman–Crippen LogP) is 4.26. The Labute approximate surface area is 163 Å². The van der Waals surface area contributed by atoms with Gasteiger partial charge in [0.25, 0.3) is 0 Å². The van der Waals surface area contributed by atoms with Gasteiger partial charge in [-0.3, -0.25) is 9.59 Å². The summed E-state index contributed by atoms with van der Waals surface area (Å²) in [7, 11) is 0. The molecule has 1 aliphatic rings. The van der Waals surface area contributed by atoms with E-state index in [0.29, 0.717) is 5.69 Å². The normalized spacial score (nSPS) is 18.6. The molecule has 1 unspecified atom stereocenters. The third kappa shape index (κ3) is 5.13. The second-order valence-electron chi connectivity index (χ2n) is 6.18. The molecule has 146 valence electrons. The number of amidine groups is 1. The van der Waals surface area contributed by atoms with Crippen LogP contribution in [0.4, 0.5) is 24.5 Å². The van der Waals surface area contributed by atoms with Gasteiger partial charge < -0.3 is 10.6 Å².